The van der Waals surface area contributed by atoms with Crippen molar-refractivity contribution in [3.8, 4) is 5.75 Å². The van der Waals surface area contributed by atoms with Gasteiger partial charge >= 0.3 is 0 Å². The first-order valence-corrected chi connectivity index (χ1v) is 9.37. The van der Waals surface area contributed by atoms with Crippen LogP contribution in [0.25, 0.3) is 0 Å². The molecular weight excluding hydrogens is 442 g/mol. The summed E-state index contributed by atoms with van der Waals surface area (Å²) in [5, 5.41) is 0. The monoisotopic (exact) mass is 459 g/mol. The van der Waals surface area contributed by atoms with Crippen molar-refractivity contribution in [2.24, 2.45) is 10.9 Å². The molecule has 0 saturated carbocycles. The van der Waals surface area contributed by atoms with E-state index in [1.54, 1.807) is 7.11 Å². The minimum absolute atomic E-state index is 0.0418. The Bertz CT molecular complexity index is 660. The molecule has 1 amide bonds. The zero-order valence-corrected chi connectivity index (χ0v) is 16.4. The number of halogens is 2. The van der Waals surface area contributed by atoms with Gasteiger partial charge in [0.05, 0.1) is 19.6 Å². The van der Waals surface area contributed by atoms with E-state index in [1.807, 2.05) is 12.1 Å². The molecule has 0 aliphatic carbocycles. The number of amidine groups is 1. The topological polar surface area (TPSA) is 72.0 Å². The molecule has 0 bridgehead atoms. The lowest BCUT2D eigenvalue weighted by Crippen LogP contribution is -2.44. The van der Waals surface area contributed by atoms with Crippen molar-refractivity contribution < 1.29 is 14.3 Å². The predicted octanol–water partition coefficient (Wildman–Crippen LogP) is 2.76. The number of carbonyl (C=O) groups excluding carboxylic acids is 1. The lowest BCUT2D eigenvalue weighted by Gasteiger charge is -2.17. The van der Waals surface area contributed by atoms with Crippen molar-refractivity contribution in [1.29, 1.82) is 0 Å². The van der Waals surface area contributed by atoms with Gasteiger partial charge in [-0.1, -0.05) is 0 Å². The van der Waals surface area contributed by atoms with Gasteiger partial charge in [0.25, 0.3) is 0 Å². The minimum Gasteiger partial charge on any atom is -0.496 e. The van der Waals surface area contributed by atoms with Gasteiger partial charge in [0.2, 0.25) is 5.91 Å². The van der Waals surface area contributed by atoms with Gasteiger partial charge in [0, 0.05) is 40.0 Å². The Morgan fingerprint density at radius 1 is 1.42 bits per heavy atom. The van der Waals surface area contributed by atoms with Crippen molar-refractivity contribution in [2.75, 3.05) is 26.9 Å². The van der Waals surface area contributed by atoms with Crippen LogP contribution in [0, 0.1) is 5.92 Å². The predicted molar refractivity (Wildman–Crippen MR) is 98.3 cm³/mol. The van der Waals surface area contributed by atoms with Crippen LogP contribution in [0.4, 0.5) is 0 Å². The standard InChI is InChI=1S/C16H19Br2N3O3/c1-23-12-3-2-11(17)15(18)14(12)10-6-13(19-7-10)20-21-16(22)9-4-5-24-8-9/h2-3,9-10H,4-8H2,1H3,(H,19,20)(H,21,22). The highest BCUT2D eigenvalue weighted by molar-refractivity contribution is 9.13. The highest BCUT2D eigenvalue weighted by Gasteiger charge is 2.28. The number of nitrogens with zero attached hydrogens (tertiary/aromatic N) is 1. The normalized spacial score (nSPS) is 23.0. The fraction of sp³-hybridized carbons (Fsp3) is 0.500. The van der Waals surface area contributed by atoms with Crippen LogP contribution in [-0.4, -0.2) is 38.6 Å². The van der Waals surface area contributed by atoms with Crippen molar-refractivity contribution in [1.82, 2.24) is 10.9 Å². The molecule has 1 aromatic rings. The fourth-order valence-corrected chi connectivity index (χ4v) is 3.95. The van der Waals surface area contributed by atoms with Gasteiger partial charge in [-0.15, -0.1) is 0 Å². The van der Waals surface area contributed by atoms with Crippen molar-refractivity contribution in [3.63, 3.8) is 0 Å². The molecule has 130 valence electrons. The van der Waals surface area contributed by atoms with Gasteiger partial charge in [0.1, 0.15) is 11.6 Å². The number of hydrazine groups is 1. The molecule has 2 unspecified atom stereocenters. The molecule has 3 rings (SSSR count). The Hall–Kier alpha value is -1.12. The second-order valence-electron chi connectivity index (χ2n) is 5.84. The van der Waals surface area contributed by atoms with Crippen LogP contribution >= 0.6 is 31.9 Å². The van der Waals surface area contributed by atoms with E-state index in [-0.39, 0.29) is 17.7 Å². The number of amides is 1. The molecule has 2 atom stereocenters. The average Bonchev–Trinajstić information content (AvgIpc) is 3.26. The van der Waals surface area contributed by atoms with Gasteiger partial charge in [-0.25, -0.2) is 0 Å². The Labute approximate surface area is 157 Å². The van der Waals surface area contributed by atoms with Gasteiger partial charge in [0.15, 0.2) is 0 Å². The first-order chi connectivity index (χ1) is 11.6. The number of carbonyl (C=O) groups is 1. The molecule has 0 spiro atoms. The summed E-state index contributed by atoms with van der Waals surface area (Å²) in [5.41, 5.74) is 6.78. The number of hydrogen-bond donors (Lipinski definition) is 2. The SMILES string of the molecule is COc1ccc(Br)c(Br)c1C1CN=C(NNC(=O)C2CCOC2)C1. The summed E-state index contributed by atoms with van der Waals surface area (Å²) in [7, 11) is 1.66. The first-order valence-electron chi connectivity index (χ1n) is 7.79. The molecule has 0 aromatic heterocycles. The quantitative estimate of drug-likeness (QED) is 0.680. The Morgan fingerprint density at radius 3 is 2.96 bits per heavy atom. The second kappa shape index (κ2) is 7.84. The van der Waals surface area contributed by atoms with Gasteiger partial charge < -0.3 is 9.47 Å². The maximum Gasteiger partial charge on any atom is 0.243 e. The van der Waals surface area contributed by atoms with Crippen LogP contribution in [-0.2, 0) is 9.53 Å². The number of aliphatic imine (C=N–C) groups is 1. The van der Waals surface area contributed by atoms with E-state index in [2.05, 4.69) is 47.7 Å². The summed E-state index contributed by atoms with van der Waals surface area (Å²) in [6, 6.07) is 3.89. The third kappa shape index (κ3) is 3.75. The molecule has 24 heavy (non-hydrogen) atoms. The van der Waals surface area contributed by atoms with Gasteiger partial charge in [-0.2, -0.15) is 0 Å². The Kier molecular flexibility index (Phi) is 5.78. The van der Waals surface area contributed by atoms with E-state index in [0.717, 1.165) is 32.5 Å². The lowest BCUT2D eigenvalue weighted by atomic mass is 9.96. The van der Waals surface area contributed by atoms with Crippen LogP contribution in [0.1, 0.15) is 24.3 Å². The summed E-state index contributed by atoms with van der Waals surface area (Å²) < 4.78 is 12.7. The molecule has 1 aromatic carbocycles. The van der Waals surface area contributed by atoms with Crippen LogP contribution in [0.3, 0.4) is 0 Å². The zero-order chi connectivity index (χ0) is 17.1. The van der Waals surface area contributed by atoms with Gasteiger partial charge in [-0.05, 0) is 50.4 Å². The van der Waals surface area contributed by atoms with Crippen LogP contribution in [0.2, 0.25) is 0 Å². The second-order valence-corrected chi connectivity index (χ2v) is 7.49. The molecule has 2 aliphatic rings. The third-order valence-corrected chi connectivity index (χ3v) is 6.34. The molecule has 1 saturated heterocycles. The zero-order valence-electron chi connectivity index (χ0n) is 13.3. The Morgan fingerprint density at radius 2 is 2.25 bits per heavy atom. The summed E-state index contributed by atoms with van der Waals surface area (Å²) >= 11 is 7.16. The van der Waals surface area contributed by atoms with E-state index >= 15 is 0 Å². The highest BCUT2D eigenvalue weighted by atomic mass is 79.9. The summed E-state index contributed by atoms with van der Waals surface area (Å²) in [4.78, 5) is 16.5. The van der Waals surface area contributed by atoms with Crippen molar-refractivity contribution >= 4 is 43.6 Å². The summed E-state index contributed by atoms with van der Waals surface area (Å²) in [6.45, 7) is 1.79. The summed E-state index contributed by atoms with van der Waals surface area (Å²) in [6.07, 6.45) is 1.48. The summed E-state index contributed by atoms with van der Waals surface area (Å²) in [5.74, 6) is 1.69. The largest absolute Gasteiger partial charge is 0.496 e. The first kappa shape index (κ1) is 17.7. The number of hydrogen-bond acceptors (Lipinski definition) is 5. The number of nitrogens with one attached hydrogen (secondary N) is 2. The van der Waals surface area contributed by atoms with E-state index < -0.39 is 0 Å². The van der Waals surface area contributed by atoms with E-state index in [9.17, 15) is 4.79 Å². The number of rotatable bonds is 3. The van der Waals surface area contributed by atoms with Gasteiger partial charge in [-0.3, -0.25) is 20.6 Å². The smallest absolute Gasteiger partial charge is 0.243 e. The van der Waals surface area contributed by atoms with Crippen molar-refractivity contribution in [3.05, 3.63) is 26.6 Å². The number of methoxy groups -OCH3 is 1. The van der Waals surface area contributed by atoms with Crippen molar-refractivity contribution in [2.45, 2.75) is 18.8 Å². The average molecular weight is 461 g/mol. The van der Waals surface area contributed by atoms with E-state index in [0.29, 0.717) is 26.2 Å². The molecular formula is C16H19Br2N3O3. The van der Waals surface area contributed by atoms with Crippen LogP contribution < -0.4 is 15.6 Å². The van der Waals surface area contributed by atoms with E-state index in [1.165, 1.54) is 0 Å². The Balaban J connectivity index is 1.61. The van der Waals surface area contributed by atoms with Crippen LogP contribution in [0.5, 0.6) is 5.75 Å². The molecule has 2 aliphatic heterocycles. The molecule has 0 radical (unpaired) electrons. The molecule has 2 heterocycles. The minimum atomic E-state index is -0.0744. The lowest BCUT2D eigenvalue weighted by molar-refractivity contribution is -0.125. The molecule has 8 heteroatoms. The number of ether oxygens (including phenoxy) is 2. The molecule has 2 N–H and O–H groups in total. The van der Waals surface area contributed by atoms with Crippen LogP contribution in [0.15, 0.2) is 26.1 Å². The highest BCUT2D eigenvalue weighted by Crippen LogP contribution is 2.41. The fourth-order valence-electron chi connectivity index (χ4n) is 2.95. The molecule has 6 nitrogen and oxygen atoms in total. The molecule has 1 fully saturated rings. The maximum atomic E-state index is 12.0. The van der Waals surface area contributed by atoms with E-state index in [4.69, 9.17) is 9.47 Å². The maximum absolute atomic E-state index is 12.0. The number of benzene rings is 1. The third-order valence-electron chi connectivity index (χ3n) is 4.29.